The van der Waals surface area contributed by atoms with Crippen LogP contribution in [0.3, 0.4) is 0 Å². The molecule has 0 aliphatic carbocycles. The minimum absolute atomic E-state index is 0.0488. The number of carbonyl (C=O) groups is 1. The molecule has 1 amide bonds. The highest BCUT2D eigenvalue weighted by Gasteiger charge is 2.21. The number of hydrogen-bond acceptors (Lipinski definition) is 6. The number of amides is 1. The van der Waals surface area contributed by atoms with E-state index in [0.717, 1.165) is 16.3 Å². The first-order chi connectivity index (χ1) is 11.9. The van der Waals surface area contributed by atoms with Crippen molar-refractivity contribution in [1.82, 2.24) is 5.32 Å². The van der Waals surface area contributed by atoms with Crippen molar-refractivity contribution in [2.45, 2.75) is 38.7 Å². The molecule has 7 nitrogen and oxygen atoms in total. The number of nitrogens with one attached hydrogen (secondary N) is 1. The van der Waals surface area contributed by atoms with Gasteiger partial charge in [0.1, 0.15) is 11.4 Å². The van der Waals surface area contributed by atoms with Gasteiger partial charge in [0, 0.05) is 16.9 Å². The summed E-state index contributed by atoms with van der Waals surface area (Å²) in [6.07, 6.45) is 0.928. The van der Waals surface area contributed by atoms with Gasteiger partial charge in [-0.15, -0.1) is 0 Å². The largest absolute Gasteiger partial charge is 0.496 e. The Hall–Kier alpha value is -1.32. The second kappa shape index (κ2) is 9.57. The number of carbonyl (C=O) groups excluding carboxylic acids is 1. The van der Waals surface area contributed by atoms with Crippen molar-refractivity contribution in [2.24, 2.45) is 0 Å². The van der Waals surface area contributed by atoms with Gasteiger partial charge in [-0.2, -0.15) is 8.42 Å². The molecule has 0 aromatic heterocycles. The van der Waals surface area contributed by atoms with Gasteiger partial charge in [0.2, 0.25) is 0 Å². The van der Waals surface area contributed by atoms with Crippen LogP contribution in [-0.4, -0.2) is 46.6 Å². The van der Waals surface area contributed by atoms with Gasteiger partial charge in [-0.05, 0) is 44.9 Å². The zero-order valence-electron chi connectivity index (χ0n) is 15.7. The number of hydrogen-bond donors (Lipinski definition) is 1. The Bertz CT molecular complexity index is 714. The molecule has 0 spiro atoms. The van der Waals surface area contributed by atoms with Crippen LogP contribution < -0.4 is 10.1 Å². The van der Waals surface area contributed by atoms with E-state index in [1.165, 1.54) is 0 Å². The Morgan fingerprint density at radius 1 is 1.31 bits per heavy atom. The van der Waals surface area contributed by atoms with Gasteiger partial charge in [0.15, 0.2) is 0 Å². The molecule has 0 bridgehead atoms. The summed E-state index contributed by atoms with van der Waals surface area (Å²) in [4.78, 5) is 11.8. The van der Waals surface area contributed by atoms with Gasteiger partial charge < -0.3 is 14.8 Å². The molecule has 1 N–H and O–H groups in total. The van der Waals surface area contributed by atoms with Crippen LogP contribution in [0.25, 0.3) is 0 Å². The number of halogens is 1. The van der Waals surface area contributed by atoms with Crippen molar-refractivity contribution < 1.29 is 26.9 Å². The Labute approximate surface area is 163 Å². The molecule has 0 aliphatic heterocycles. The average molecular weight is 452 g/mol. The van der Waals surface area contributed by atoms with E-state index in [-0.39, 0.29) is 12.5 Å². The number of alkyl carbamates (subject to hydrolysis) is 1. The van der Waals surface area contributed by atoms with Gasteiger partial charge in [0.25, 0.3) is 10.1 Å². The zero-order valence-corrected chi connectivity index (χ0v) is 18.1. The number of rotatable bonds is 8. The molecule has 0 aliphatic rings. The van der Waals surface area contributed by atoms with E-state index in [4.69, 9.17) is 13.7 Å². The highest BCUT2D eigenvalue weighted by molar-refractivity contribution is 9.10. The standard InChI is InChI=1S/C17H26BrNO6S/c1-17(2,3)25-16(20)19-9-8-12(11-24-26(5,21)22)14-7-6-13(18)10-15(14)23-4/h6-7,10,12H,8-9,11H2,1-5H3,(H,19,20)/t12-/m1/s1. The first-order valence-electron chi connectivity index (χ1n) is 8.06. The zero-order chi connectivity index (χ0) is 20.0. The quantitative estimate of drug-likeness (QED) is 0.608. The van der Waals surface area contributed by atoms with Crippen molar-refractivity contribution >= 4 is 32.1 Å². The van der Waals surface area contributed by atoms with E-state index in [0.29, 0.717) is 18.7 Å². The van der Waals surface area contributed by atoms with Crippen LogP contribution in [0.15, 0.2) is 22.7 Å². The maximum atomic E-state index is 11.8. The second-order valence-corrected chi connectivity index (χ2v) is 9.35. The van der Waals surface area contributed by atoms with Gasteiger partial charge in [0.05, 0.1) is 20.0 Å². The van der Waals surface area contributed by atoms with Gasteiger partial charge in [-0.1, -0.05) is 22.0 Å². The molecule has 0 saturated heterocycles. The average Bonchev–Trinajstić information content (AvgIpc) is 2.48. The molecule has 0 heterocycles. The topological polar surface area (TPSA) is 90.9 Å². The molecule has 1 rings (SSSR count). The molecule has 1 atom stereocenters. The van der Waals surface area contributed by atoms with Gasteiger partial charge in [-0.25, -0.2) is 4.79 Å². The minimum atomic E-state index is -3.58. The normalized spacial score (nSPS) is 13.2. The molecule has 0 saturated carbocycles. The van der Waals surface area contributed by atoms with Crippen LogP contribution in [0.4, 0.5) is 4.79 Å². The van der Waals surface area contributed by atoms with Crippen molar-refractivity contribution in [3.63, 3.8) is 0 Å². The lowest BCUT2D eigenvalue weighted by atomic mass is 9.95. The van der Waals surface area contributed by atoms with E-state index < -0.39 is 21.8 Å². The van der Waals surface area contributed by atoms with E-state index in [9.17, 15) is 13.2 Å². The Kier molecular flexibility index (Phi) is 8.36. The highest BCUT2D eigenvalue weighted by atomic mass is 79.9. The smallest absolute Gasteiger partial charge is 0.407 e. The fourth-order valence-corrected chi connectivity index (χ4v) is 2.97. The second-order valence-electron chi connectivity index (χ2n) is 6.79. The highest BCUT2D eigenvalue weighted by Crippen LogP contribution is 2.32. The van der Waals surface area contributed by atoms with Crippen molar-refractivity contribution in [3.05, 3.63) is 28.2 Å². The number of methoxy groups -OCH3 is 1. The summed E-state index contributed by atoms with van der Waals surface area (Å²) in [6, 6.07) is 5.48. The molecule has 1 aromatic rings. The summed E-state index contributed by atoms with van der Waals surface area (Å²) >= 11 is 3.38. The van der Waals surface area contributed by atoms with Crippen molar-refractivity contribution in [2.75, 3.05) is 26.5 Å². The summed E-state index contributed by atoms with van der Waals surface area (Å²) in [5.41, 5.74) is 0.211. The Morgan fingerprint density at radius 3 is 2.50 bits per heavy atom. The van der Waals surface area contributed by atoms with Crippen LogP contribution in [0.5, 0.6) is 5.75 Å². The summed E-state index contributed by atoms with van der Waals surface area (Å²) in [7, 11) is -2.04. The summed E-state index contributed by atoms with van der Waals surface area (Å²) < 4.78 is 39.1. The first kappa shape index (κ1) is 22.7. The SMILES string of the molecule is COc1cc(Br)ccc1[C@H](CCNC(=O)OC(C)(C)C)COS(C)(=O)=O. The van der Waals surface area contributed by atoms with Gasteiger partial charge in [-0.3, -0.25) is 4.18 Å². The Morgan fingerprint density at radius 2 is 1.96 bits per heavy atom. The van der Waals surface area contributed by atoms with Crippen LogP contribution in [0.1, 0.15) is 38.7 Å². The molecular formula is C17H26BrNO6S. The minimum Gasteiger partial charge on any atom is -0.496 e. The molecular weight excluding hydrogens is 426 g/mol. The molecule has 1 aromatic carbocycles. The third kappa shape index (κ3) is 8.86. The molecule has 26 heavy (non-hydrogen) atoms. The fourth-order valence-electron chi connectivity index (χ4n) is 2.22. The van der Waals surface area contributed by atoms with Crippen LogP contribution in [0, 0.1) is 0 Å². The van der Waals surface area contributed by atoms with E-state index in [2.05, 4.69) is 21.2 Å². The molecule has 0 radical (unpaired) electrons. The Balaban J connectivity index is 2.84. The number of benzene rings is 1. The lowest BCUT2D eigenvalue weighted by Gasteiger charge is -2.22. The first-order valence-corrected chi connectivity index (χ1v) is 10.7. The molecule has 0 fully saturated rings. The fraction of sp³-hybridized carbons (Fsp3) is 0.588. The van der Waals surface area contributed by atoms with Crippen molar-refractivity contribution in [1.29, 1.82) is 0 Å². The predicted octanol–water partition coefficient (Wildman–Crippen LogP) is 3.43. The molecule has 148 valence electrons. The van der Waals surface area contributed by atoms with E-state index in [1.54, 1.807) is 33.9 Å². The maximum absolute atomic E-state index is 11.8. The van der Waals surface area contributed by atoms with E-state index >= 15 is 0 Å². The third-order valence-electron chi connectivity index (χ3n) is 3.28. The predicted molar refractivity (Wildman–Crippen MR) is 103 cm³/mol. The lowest BCUT2D eigenvalue weighted by molar-refractivity contribution is 0.0525. The summed E-state index contributed by atoms with van der Waals surface area (Å²) in [5, 5.41) is 2.67. The maximum Gasteiger partial charge on any atom is 0.407 e. The summed E-state index contributed by atoms with van der Waals surface area (Å²) in [6.45, 7) is 5.59. The van der Waals surface area contributed by atoms with Crippen LogP contribution in [-0.2, 0) is 19.0 Å². The number of ether oxygens (including phenoxy) is 2. The monoisotopic (exact) mass is 451 g/mol. The van der Waals surface area contributed by atoms with E-state index in [1.807, 2.05) is 12.1 Å². The third-order valence-corrected chi connectivity index (χ3v) is 4.34. The van der Waals surface area contributed by atoms with Crippen LogP contribution >= 0.6 is 15.9 Å². The van der Waals surface area contributed by atoms with Crippen LogP contribution in [0.2, 0.25) is 0 Å². The molecule has 0 unspecified atom stereocenters. The molecule has 9 heteroatoms. The van der Waals surface area contributed by atoms with Gasteiger partial charge >= 0.3 is 6.09 Å². The van der Waals surface area contributed by atoms with Crippen molar-refractivity contribution in [3.8, 4) is 5.75 Å². The lowest BCUT2D eigenvalue weighted by Crippen LogP contribution is -2.33. The summed E-state index contributed by atoms with van der Waals surface area (Å²) in [5.74, 6) is 0.321.